The average molecular weight is 571 g/mol. The molecule has 1 unspecified atom stereocenters. The highest BCUT2D eigenvalue weighted by atomic mass is 32.1. The Kier molecular flexibility index (Phi) is 8.40. The number of anilines is 1. The van der Waals surface area contributed by atoms with Crippen LogP contribution in [-0.4, -0.2) is 84.8 Å². The van der Waals surface area contributed by atoms with Crippen molar-refractivity contribution in [3.05, 3.63) is 29.8 Å². The third-order valence-corrected chi connectivity index (χ3v) is 9.40. The number of cyclic esters (lactones) is 1. The number of carbonyl (C=O) groups is 3. The van der Waals surface area contributed by atoms with Crippen LogP contribution in [0, 0.1) is 5.41 Å². The number of esters is 1. The molecule has 3 saturated heterocycles. The van der Waals surface area contributed by atoms with Crippen LogP contribution in [0.15, 0.2) is 24.3 Å². The molecule has 2 aromatic rings. The zero-order valence-electron chi connectivity index (χ0n) is 24.1. The Bertz CT molecular complexity index is 1250. The van der Waals surface area contributed by atoms with Gasteiger partial charge in [-0.3, -0.25) is 19.8 Å². The molecule has 0 aliphatic carbocycles. The smallest absolute Gasteiger partial charge is 0.319 e. The summed E-state index contributed by atoms with van der Waals surface area (Å²) in [6.45, 7) is 11.7. The molecule has 9 nitrogen and oxygen atoms in total. The number of urea groups is 1. The first kappa shape index (κ1) is 28.8. The Morgan fingerprint density at radius 3 is 2.62 bits per heavy atom. The van der Waals surface area contributed by atoms with Crippen molar-refractivity contribution in [2.45, 2.75) is 77.5 Å². The van der Waals surface area contributed by atoms with Gasteiger partial charge in [-0.1, -0.05) is 18.2 Å². The van der Waals surface area contributed by atoms with Crippen molar-refractivity contribution in [2.75, 3.05) is 44.6 Å². The molecule has 1 aromatic heterocycles. The molecule has 3 aliphatic heterocycles. The Morgan fingerprint density at radius 1 is 1.18 bits per heavy atom. The van der Waals surface area contributed by atoms with E-state index >= 15 is 0 Å². The largest absolute Gasteiger partial charge is 0.459 e. The molecule has 218 valence electrons. The van der Waals surface area contributed by atoms with Gasteiger partial charge in [0, 0.05) is 48.7 Å². The Morgan fingerprint density at radius 2 is 1.93 bits per heavy atom. The van der Waals surface area contributed by atoms with Crippen molar-refractivity contribution in [2.24, 2.45) is 5.41 Å². The second kappa shape index (κ2) is 11.7. The van der Waals surface area contributed by atoms with Gasteiger partial charge in [-0.15, -0.1) is 11.3 Å². The summed E-state index contributed by atoms with van der Waals surface area (Å²) in [5.41, 5.74) is -0.240. The zero-order valence-corrected chi connectivity index (χ0v) is 24.9. The van der Waals surface area contributed by atoms with Gasteiger partial charge in [-0.05, 0) is 66.0 Å². The van der Waals surface area contributed by atoms with Crippen LogP contribution < -0.4 is 10.6 Å². The van der Waals surface area contributed by atoms with Crippen LogP contribution in [0.3, 0.4) is 0 Å². The highest BCUT2D eigenvalue weighted by Crippen LogP contribution is 2.47. The van der Waals surface area contributed by atoms with E-state index in [0.29, 0.717) is 42.8 Å². The second-order valence-corrected chi connectivity index (χ2v) is 13.4. The summed E-state index contributed by atoms with van der Waals surface area (Å²) in [6, 6.07) is 7.78. The number of nitrogens with zero attached hydrogens (tertiary/aromatic N) is 2. The molecule has 1 aromatic carbocycles. The molecule has 10 heteroatoms. The molecule has 3 aliphatic rings. The van der Waals surface area contributed by atoms with E-state index in [1.54, 1.807) is 0 Å². The minimum atomic E-state index is -0.399. The summed E-state index contributed by atoms with van der Waals surface area (Å²) in [5.74, 6) is -0.0961. The molecule has 2 N–H and O–H groups in total. The maximum atomic E-state index is 13.9. The number of hydrogen-bond acceptors (Lipinski definition) is 7. The highest BCUT2D eigenvalue weighted by Gasteiger charge is 2.54. The number of likely N-dealkylation sites (tertiary alicyclic amines) is 2. The first-order valence-electron chi connectivity index (χ1n) is 14.5. The predicted octanol–water partition coefficient (Wildman–Crippen LogP) is 4.86. The summed E-state index contributed by atoms with van der Waals surface area (Å²) in [7, 11) is 0. The number of nitrogens with one attached hydrogen (secondary N) is 2. The summed E-state index contributed by atoms with van der Waals surface area (Å²) in [6.07, 6.45) is 4.48. The standard InChI is InChI=1S/C30H42N4O5S/c1-20(2)38-17-13-31-28(37)32-25-24(22-8-5-6-9-23(22)40-25)26(35)33-15-10-21(11-16-33)34-14-7-12-30(19-34)18-29(3,4)39-27(30)36/h5-6,8-9,20-21H,7,10-19H2,1-4H3,(H2,31,32,37). The number of ether oxygens (including phenoxy) is 2. The number of fused-ring (bicyclic) bond motifs is 1. The van der Waals surface area contributed by atoms with E-state index in [0.717, 1.165) is 55.3 Å². The number of benzene rings is 1. The van der Waals surface area contributed by atoms with Gasteiger partial charge < -0.3 is 19.7 Å². The summed E-state index contributed by atoms with van der Waals surface area (Å²) in [5, 5.41) is 7.16. The van der Waals surface area contributed by atoms with E-state index in [1.807, 2.05) is 56.9 Å². The molecule has 4 heterocycles. The number of amides is 3. The van der Waals surface area contributed by atoms with Gasteiger partial charge in [0.15, 0.2) is 0 Å². The van der Waals surface area contributed by atoms with Gasteiger partial charge >= 0.3 is 12.0 Å². The van der Waals surface area contributed by atoms with Crippen LogP contribution in [0.1, 0.15) is 70.2 Å². The fourth-order valence-electron chi connectivity index (χ4n) is 6.62. The third kappa shape index (κ3) is 6.14. The molecule has 0 bridgehead atoms. The summed E-state index contributed by atoms with van der Waals surface area (Å²) >= 11 is 1.42. The fraction of sp³-hybridized carbons (Fsp3) is 0.633. The van der Waals surface area contributed by atoms with Crippen LogP contribution in [0.25, 0.3) is 10.1 Å². The predicted molar refractivity (Wildman–Crippen MR) is 157 cm³/mol. The molecule has 1 atom stereocenters. The van der Waals surface area contributed by atoms with Gasteiger partial charge in [0.25, 0.3) is 5.91 Å². The highest BCUT2D eigenvalue weighted by molar-refractivity contribution is 7.23. The number of hydrogen-bond donors (Lipinski definition) is 2. The van der Waals surface area contributed by atoms with Crippen molar-refractivity contribution < 1.29 is 23.9 Å². The third-order valence-electron chi connectivity index (χ3n) is 8.32. The normalized spacial score (nSPS) is 23.6. The zero-order chi connectivity index (χ0) is 28.5. The SMILES string of the molecule is CC(C)OCCNC(=O)Nc1sc2ccccc2c1C(=O)N1CCC(N2CCCC3(C2)CC(C)(C)OC3=O)CC1. The summed E-state index contributed by atoms with van der Waals surface area (Å²) < 4.78 is 12.2. The maximum Gasteiger partial charge on any atom is 0.319 e. The van der Waals surface area contributed by atoms with Crippen molar-refractivity contribution in [3.8, 4) is 0 Å². The van der Waals surface area contributed by atoms with Gasteiger partial charge in [-0.25, -0.2) is 4.79 Å². The molecule has 3 fully saturated rings. The first-order chi connectivity index (χ1) is 19.1. The summed E-state index contributed by atoms with van der Waals surface area (Å²) in [4.78, 5) is 43.7. The van der Waals surface area contributed by atoms with E-state index in [4.69, 9.17) is 9.47 Å². The molecule has 40 heavy (non-hydrogen) atoms. The van der Waals surface area contributed by atoms with Crippen molar-refractivity contribution in [1.29, 1.82) is 0 Å². The van der Waals surface area contributed by atoms with E-state index in [-0.39, 0.29) is 24.0 Å². The van der Waals surface area contributed by atoms with Crippen molar-refractivity contribution in [3.63, 3.8) is 0 Å². The minimum Gasteiger partial charge on any atom is -0.459 e. The Hall–Kier alpha value is -2.69. The van der Waals surface area contributed by atoms with Crippen LogP contribution >= 0.6 is 11.3 Å². The van der Waals surface area contributed by atoms with Crippen LogP contribution in [0.2, 0.25) is 0 Å². The molecule has 3 amide bonds. The van der Waals surface area contributed by atoms with E-state index < -0.39 is 11.0 Å². The quantitative estimate of drug-likeness (QED) is 0.364. The van der Waals surface area contributed by atoms with Crippen molar-refractivity contribution in [1.82, 2.24) is 15.1 Å². The average Bonchev–Trinajstić information content (AvgIpc) is 3.38. The number of rotatable bonds is 7. The molecular weight excluding hydrogens is 528 g/mol. The van der Waals surface area contributed by atoms with Gasteiger partial charge in [0.2, 0.25) is 0 Å². The van der Waals surface area contributed by atoms with Gasteiger partial charge in [0.1, 0.15) is 10.6 Å². The number of piperidine rings is 2. The van der Waals surface area contributed by atoms with Gasteiger partial charge in [0.05, 0.1) is 23.7 Å². The molecule has 0 saturated carbocycles. The van der Waals surface area contributed by atoms with Gasteiger partial charge in [-0.2, -0.15) is 0 Å². The molecule has 1 spiro atoms. The number of carbonyl (C=O) groups excluding carboxylic acids is 3. The van der Waals surface area contributed by atoms with Crippen LogP contribution in [-0.2, 0) is 14.3 Å². The fourth-order valence-corrected chi connectivity index (χ4v) is 7.71. The minimum absolute atomic E-state index is 0.0457. The lowest BCUT2D eigenvalue weighted by molar-refractivity contribution is -0.154. The molecule has 5 rings (SSSR count). The Labute approximate surface area is 240 Å². The Balaban J connectivity index is 1.23. The lowest BCUT2D eigenvalue weighted by atomic mass is 9.74. The molecular formula is C30H42N4O5S. The van der Waals surface area contributed by atoms with E-state index in [2.05, 4.69) is 15.5 Å². The monoisotopic (exact) mass is 570 g/mol. The van der Waals surface area contributed by atoms with E-state index in [1.165, 1.54) is 11.3 Å². The lowest BCUT2D eigenvalue weighted by Gasteiger charge is -2.44. The molecule has 0 radical (unpaired) electrons. The van der Waals surface area contributed by atoms with Crippen LogP contribution in [0.4, 0.5) is 9.80 Å². The topological polar surface area (TPSA) is 100 Å². The maximum absolute atomic E-state index is 13.9. The lowest BCUT2D eigenvalue weighted by Crippen LogP contribution is -2.53. The van der Waals surface area contributed by atoms with E-state index in [9.17, 15) is 14.4 Å². The first-order valence-corrected chi connectivity index (χ1v) is 15.3. The second-order valence-electron chi connectivity index (χ2n) is 12.3. The number of thiophene rings is 1. The van der Waals surface area contributed by atoms with Crippen molar-refractivity contribution >= 4 is 44.3 Å². The van der Waals surface area contributed by atoms with Crippen LogP contribution in [0.5, 0.6) is 0 Å².